The Bertz CT molecular complexity index is 531. The summed E-state index contributed by atoms with van der Waals surface area (Å²) in [5, 5.41) is 3.35. The summed E-state index contributed by atoms with van der Waals surface area (Å²) >= 11 is 0. The van der Waals surface area contributed by atoms with E-state index in [2.05, 4.69) is 40.8 Å². The third-order valence-electron chi connectivity index (χ3n) is 2.95. The minimum absolute atomic E-state index is 0.757. The maximum Gasteiger partial charge on any atom is 0.207 e. The SMILES string of the molecule is CCCNc1nc(C)cn1-c1ccc(OCCC)cc1. The lowest BCUT2D eigenvalue weighted by atomic mass is 10.3. The van der Waals surface area contributed by atoms with Crippen molar-refractivity contribution >= 4 is 5.95 Å². The first-order valence-corrected chi connectivity index (χ1v) is 7.27. The van der Waals surface area contributed by atoms with E-state index in [1.54, 1.807) is 0 Å². The molecule has 4 nitrogen and oxygen atoms in total. The number of imidazole rings is 1. The summed E-state index contributed by atoms with van der Waals surface area (Å²) in [5.74, 6) is 1.81. The standard InChI is InChI=1S/C16H23N3O/c1-4-10-17-16-18-13(3)12-19(16)14-6-8-15(9-7-14)20-11-5-2/h6-9,12H,4-5,10-11H2,1-3H3,(H,17,18). The van der Waals surface area contributed by atoms with Crippen LogP contribution in [0.1, 0.15) is 32.4 Å². The van der Waals surface area contributed by atoms with Gasteiger partial charge in [0.2, 0.25) is 5.95 Å². The molecule has 2 rings (SSSR count). The van der Waals surface area contributed by atoms with Crippen LogP contribution in [0.4, 0.5) is 5.95 Å². The number of rotatable bonds is 7. The van der Waals surface area contributed by atoms with E-state index in [4.69, 9.17) is 4.74 Å². The zero-order valence-corrected chi connectivity index (χ0v) is 12.5. The van der Waals surface area contributed by atoms with Gasteiger partial charge in [0, 0.05) is 18.4 Å². The Morgan fingerprint density at radius 2 is 1.90 bits per heavy atom. The van der Waals surface area contributed by atoms with Crippen molar-refractivity contribution in [1.82, 2.24) is 9.55 Å². The number of nitrogens with zero attached hydrogens (tertiary/aromatic N) is 2. The van der Waals surface area contributed by atoms with Gasteiger partial charge in [-0.1, -0.05) is 13.8 Å². The molecule has 1 heterocycles. The number of hydrogen-bond donors (Lipinski definition) is 1. The highest BCUT2D eigenvalue weighted by molar-refractivity contribution is 5.45. The fourth-order valence-corrected chi connectivity index (χ4v) is 1.98. The van der Waals surface area contributed by atoms with Crippen LogP contribution in [0, 0.1) is 6.92 Å². The van der Waals surface area contributed by atoms with Gasteiger partial charge in [-0.05, 0) is 44.0 Å². The molecule has 2 aromatic rings. The summed E-state index contributed by atoms with van der Waals surface area (Å²) in [6.07, 6.45) is 4.14. The zero-order valence-electron chi connectivity index (χ0n) is 12.5. The Balaban J connectivity index is 2.18. The van der Waals surface area contributed by atoms with Crippen LogP contribution in [0.15, 0.2) is 30.5 Å². The van der Waals surface area contributed by atoms with Crippen molar-refractivity contribution in [3.05, 3.63) is 36.2 Å². The zero-order chi connectivity index (χ0) is 14.4. The summed E-state index contributed by atoms with van der Waals surface area (Å²) in [6, 6.07) is 8.13. The van der Waals surface area contributed by atoms with Crippen molar-refractivity contribution < 1.29 is 4.74 Å². The molecular weight excluding hydrogens is 250 g/mol. The van der Waals surface area contributed by atoms with Gasteiger partial charge in [-0.2, -0.15) is 0 Å². The van der Waals surface area contributed by atoms with Crippen molar-refractivity contribution in [2.24, 2.45) is 0 Å². The van der Waals surface area contributed by atoms with E-state index in [-0.39, 0.29) is 0 Å². The fraction of sp³-hybridized carbons (Fsp3) is 0.438. The summed E-state index contributed by atoms with van der Waals surface area (Å²) in [7, 11) is 0. The first-order chi connectivity index (χ1) is 9.74. The van der Waals surface area contributed by atoms with Gasteiger partial charge in [0.1, 0.15) is 5.75 Å². The molecule has 4 heteroatoms. The Labute approximate surface area is 120 Å². The molecule has 1 N–H and O–H groups in total. The number of hydrogen-bond acceptors (Lipinski definition) is 3. The van der Waals surface area contributed by atoms with Gasteiger partial charge >= 0.3 is 0 Å². The monoisotopic (exact) mass is 273 g/mol. The molecule has 108 valence electrons. The summed E-state index contributed by atoms with van der Waals surface area (Å²) < 4.78 is 7.68. The third kappa shape index (κ3) is 3.53. The molecular formula is C16H23N3O. The van der Waals surface area contributed by atoms with E-state index in [1.807, 2.05) is 25.3 Å². The Hall–Kier alpha value is -1.97. The fourth-order valence-electron chi connectivity index (χ4n) is 1.98. The highest BCUT2D eigenvalue weighted by atomic mass is 16.5. The van der Waals surface area contributed by atoms with E-state index in [0.717, 1.165) is 49.1 Å². The van der Waals surface area contributed by atoms with E-state index in [9.17, 15) is 0 Å². The molecule has 0 spiro atoms. The van der Waals surface area contributed by atoms with Crippen LogP contribution in [0.2, 0.25) is 0 Å². The molecule has 0 atom stereocenters. The lowest BCUT2D eigenvalue weighted by Gasteiger charge is -2.10. The molecule has 0 radical (unpaired) electrons. The van der Waals surface area contributed by atoms with Gasteiger partial charge in [0.25, 0.3) is 0 Å². The second-order valence-corrected chi connectivity index (χ2v) is 4.85. The molecule has 0 fully saturated rings. The van der Waals surface area contributed by atoms with Gasteiger partial charge in [-0.25, -0.2) is 4.98 Å². The average molecular weight is 273 g/mol. The number of ether oxygens (including phenoxy) is 1. The van der Waals surface area contributed by atoms with Crippen molar-refractivity contribution in [1.29, 1.82) is 0 Å². The van der Waals surface area contributed by atoms with Gasteiger partial charge in [0.05, 0.1) is 12.3 Å². The van der Waals surface area contributed by atoms with Gasteiger partial charge in [-0.15, -0.1) is 0 Å². The molecule has 0 saturated carbocycles. The van der Waals surface area contributed by atoms with Crippen LogP contribution >= 0.6 is 0 Å². The topological polar surface area (TPSA) is 39.1 Å². The van der Waals surface area contributed by atoms with E-state index in [0.29, 0.717) is 0 Å². The highest BCUT2D eigenvalue weighted by Gasteiger charge is 2.07. The predicted octanol–water partition coefficient (Wildman–Crippen LogP) is 3.79. The van der Waals surface area contributed by atoms with E-state index >= 15 is 0 Å². The van der Waals surface area contributed by atoms with Crippen molar-refractivity contribution in [2.75, 3.05) is 18.5 Å². The van der Waals surface area contributed by atoms with Gasteiger partial charge in [-0.3, -0.25) is 4.57 Å². The second-order valence-electron chi connectivity index (χ2n) is 4.85. The normalized spacial score (nSPS) is 10.6. The number of anilines is 1. The molecule has 1 aromatic heterocycles. The summed E-state index contributed by atoms with van der Waals surface area (Å²) in [6.45, 7) is 7.94. The first kappa shape index (κ1) is 14.4. The Morgan fingerprint density at radius 1 is 1.15 bits per heavy atom. The third-order valence-corrected chi connectivity index (χ3v) is 2.95. The first-order valence-electron chi connectivity index (χ1n) is 7.27. The molecule has 0 aliphatic carbocycles. The molecule has 0 amide bonds. The van der Waals surface area contributed by atoms with Crippen LogP contribution in [-0.2, 0) is 0 Å². The molecule has 0 unspecified atom stereocenters. The number of aromatic nitrogens is 2. The molecule has 0 saturated heterocycles. The van der Waals surface area contributed by atoms with Crippen molar-refractivity contribution in [3.8, 4) is 11.4 Å². The smallest absolute Gasteiger partial charge is 0.207 e. The maximum atomic E-state index is 5.61. The Kier molecular flexibility index (Phi) is 5.04. The van der Waals surface area contributed by atoms with Crippen LogP contribution in [0.25, 0.3) is 5.69 Å². The molecule has 0 aliphatic heterocycles. The minimum atomic E-state index is 0.757. The second kappa shape index (κ2) is 6.98. The van der Waals surface area contributed by atoms with Crippen LogP contribution in [-0.4, -0.2) is 22.7 Å². The van der Waals surface area contributed by atoms with Crippen LogP contribution < -0.4 is 10.1 Å². The number of nitrogens with one attached hydrogen (secondary N) is 1. The lowest BCUT2D eigenvalue weighted by Crippen LogP contribution is -2.06. The lowest BCUT2D eigenvalue weighted by molar-refractivity contribution is 0.317. The average Bonchev–Trinajstić information content (AvgIpc) is 2.84. The summed E-state index contributed by atoms with van der Waals surface area (Å²) in [5.41, 5.74) is 2.10. The van der Waals surface area contributed by atoms with E-state index in [1.165, 1.54) is 0 Å². The van der Waals surface area contributed by atoms with E-state index < -0.39 is 0 Å². The number of benzene rings is 1. The summed E-state index contributed by atoms with van der Waals surface area (Å²) in [4.78, 5) is 4.52. The largest absolute Gasteiger partial charge is 0.494 e. The Morgan fingerprint density at radius 3 is 2.55 bits per heavy atom. The maximum absolute atomic E-state index is 5.61. The van der Waals surface area contributed by atoms with Crippen LogP contribution in [0.5, 0.6) is 5.75 Å². The van der Waals surface area contributed by atoms with Crippen molar-refractivity contribution in [3.63, 3.8) is 0 Å². The molecule has 0 aliphatic rings. The number of aryl methyl sites for hydroxylation is 1. The van der Waals surface area contributed by atoms with Crippen LogP contribution in [0.3, 0.4) is 0 Å². The molecule has 0 bridgehead atoms. The van der Waals surface area contributed by atoms with Gasteiger partial charge < -0.3 is 10.1 Å². The highest BCUT2D eigenvalue weighted by Crippen LogP contribution is 2.20. The quantitative estimate of drug-likeness (QED) is 0.834. The van der Waals surface area contributed by atoms with Crippen molar-refractivity contribution in [2.45, 2.75) is 33.6 Å². The van der Waals surface area contributed by atoms with Gasteiger partial charge in [0.15, 0.2) is 0 Å². The molecule has 20 heavy (non-hydrogen) atoms. The predicted molar refractivity (Wildman–Crippen MR) is 82.9 cm³/mol. The minimum Gasteiger partial charge on any atom is -0.494 e. The molecule has 1 aromatic carbocycles.